The van der Waals surface area contributed by atoms with Gasteiger partial charge in [-0.2, -0.15) is 0 Å². The molecule has 416 valence electrons. The number of benzene rings is 3. The minimum absolute atomic E-state index is 0.0527. The molecule has 3 fully saturated rings. The molecule has 2 saturated heterocycles. The maximum absolute atomic E-state index is 15.5. The van der Waals surface area contributed by atoms with Gasteiger partial charge >= 0.3 is 0 Å². The highest BCUT2D eigenvalue weighted by molar-refractivity contribution is 6.31. The second-order valence-electron chi connectivity index (χ2n) is 20.9. The lowest BCUT2D eigenvalue weighted by Crippen LogP contribution is -2.59. The van der Waals surface area contributed by atoms with E-state index in [0.29, 0.717) is 79.1 Å². The Bertz CT molecular complexity index is 2640. The third-order valence-corrected chi connectivity index (χ3v) is 15.6. The number of nitrogens with zero attached hydrogens (tertiary/aromatic N) is 7. The number of rotatable bonds is 17. The van der Waals surface area contributed by atoms with Crippen molar-refractivity contribution in [1.29, 1.82) is 0 Å². The number of imidazole rings is 1. The lowest BCUT2D eigenvalue weighted by molar-refractivity contribution is -0.148. The first-order valence-corrected chi connectivity index (χ1v) is 27.6. The Kier molecular flexibility index (Phi) is 21.5. The van der Waals surface area contributed by atoms with E-state index in [-0.39, 0.29) is 62.7 Å². The average molecular weight is 1100 g/mol. The number of halogens is 2. The molecule has 0 unspecified atom stereocenters. The largest absolute Gasteiger partial charge is 0.457 e. The van der Waals surface area contributed by atoms with E-state index in [2.05, 4.69) is 36.6 Å². The zero-order valence-electron chi connectivity index (χ0n) is 45.6. The number of carbonyl (C=O) groups excluding carboxylic acids is 5. The van der Waals surface area contributed by atoms with Crippen molar-refractivity contribution in [1.82, 2.24) is 44.7 Å². The smallest absolute Gasteiger partial charge is 0.247 e. The lowest BCUT2D eigenvalue weighted by Gasteiger charge is -2.40. The molecule has 2 aliphatic heterocycles. The average Bonchev–Trinajstić information content (AvgIpc) is 3.77. The van der Waals surface area contributed by atoms with Gasteiger partial charge < -0.3 is 49.0 Å². The van der Waals surface area contributed by atoms with E-state index < -0.39 is 41.8 Å². The highest BCUT2D eigenvalue weighted by Gasteiger charge is 2.40. The van der Waals surface area contributed by atoms with E-state index in [1.807, 2.05) is 63.7 Å². The van der Waals surface area contributed by atoms with Crippen molar-refractivity contribution in [2.24, 2.45) is 13.0 Å². The number of amides is 5. The summed E-state index contributed by atoms with van der Waals surface area (Å²) in [5.74, 6) is -1.09. The number of aromatic nitrogens is 2. The Morgan fingerprint density at radius 2 is 1.58 bits per heavy atom. The first kappa shape index (κ1) is 58.9. The van der Waals surface area contributed by atoms with Gasteiger partial charge in [0.05, 0.1) is 56.8 Å². The second kappa shape index (κ2) is 28.2. The number of methoxy groups -OCH3 is 1. The normalized spacial score (nSPS) is 22.8. The van der Waals surface area contributed by atoms with Crippen LogP contribution in [0.25, 0.3) is 11.3 Å². The van der Waals surface area contributed by atoms with Gasteiger partial charge in [-0.3, -0.25) is 28.9 Å². The number of hydrogen-bond donors (Lipinski definition) is 2. The molecular weight excluding hydrogens is 1020 g/mol. The molecule has 19 heteroatoms. The summed E-state index contributed by atoms with van der Waals surface area (Å²) in [6.45, 7) is 7.60. The molecule has 7 rings (SSSR count). The maximum Gasteiger partial charge on any atom is 0.247 e. The van der Waals surface area contributed by atoms with Crippen molar-refractivity contribution < 1.29 is 38.2 Å². The predicted octanol–water partition coefficient (Wildman–Crippen LogP) is 7.13. The number of likely N-dealkylation sites (N-methyl/N-ethyl adjacent to an activating group) is 2. The van der Waals surface area contributed by atoms with E-state index in [0.717, 1.165) is 48.6 Å². The van der Waals surface area contributed by atoms with Gasteiger partial charge in [0.25, 0.3) is 0 Å². The fourth-order valence-corrected chi connectivity index (χ4v) is 11.1. The Hall–Kier alpha value is -5.82. The number of allylic oxidation sites excluding steroid dienone is 1. The molecule has 3 aromatic carbocycles. The molecular formula is C58H77Cl2N9O8. The SMILES string of the molecule is C=CC[C@@H]1CC(=O)N(Cc2ccc(Cl)cc2Oc2ccc(-c3cnc(CN(C)C)n3C)cc2)[C@@H](CCCN2CCOCC2)C(=O)N[C@@H](COC)C(=O)N(C)[C@@H](Cc2ccc(Cl)cc2)CC(=O)N[C@H]2CCCC[C@@H]2N(C)C1=O. The minimum Gasteiger partial charge on any atom is -0.457 e. The molecule has 3 aliphatic rings. The third kappa shape index (κ3) is 15.9. The number of morpholine rings is 1. The zero-order chi connectivity index (χ0) is 55.2. The predicted molar refractivity (Wildman–Crippen MR) is 298 cm³/mol. The van der Waals surface area contributed by atoms with Gasteiger partial charge in [0.2, 0.25) is 29.5 Å². The van der Waals surface area contributed by atoms with Gasteiger partial charge in [0.1, 0.15) is 29.4 Å². The van der Waals surface area contributed by atoms with Crippen LogP contribution in [-0.4, -0.2) is 169 Å². The monoisotopic (exact) mass is 1100 g/mol. The molecule has 0 bridgehead atoms. The van der Waals surface area contributed by atoms with Crippen LogP contribution in [0.5, 0.6) is 11.5 Å². The molecule has 1 saturated carbocycles. The second-order valence-corrected chi connectivity index (χ2v) is 21.8. The number of carbonyl (C=O) groups is 5. The summed E-state index contributed by atoms with van der Waals surface area (Å²) in [5, 5.41) is 7.20. The lowest BCUT2D eigenvalue weighted by atomic mass is 9.87. The molecule has 3 heterocycles. The zero-order valence-corrected chi connectivity index (χ0v) is 47.1. The van der Waals surface area contributed by atoms with E-state index in [1.165, 1.54) is 16.9 Å². The van der Waals surface area contributed by atoms with Crippen LogP contribution in [0.2, 0.25) is 10.0 Å². The van der Waals surface area contributed by atoms with Crippen LogP contribution in [0.1, 0.15) is 74.7 Å². The minimum atomic E-state index is -1.21. The van der Waals surface area contributed by atoms with Gasteiger partial charge in [0.15, 0.2) is 0 Å². The summed E-state index contributed by atoms with van der Waals surface area (Å²) in [5.41, 5.74) is 3.29. The van der Waals surface area contributed by atoms with Gasteiger partial charge in [0, 0.05) is 87.4 Å². The standard InChI is InChI=1S/C58H77Cl2N9O8/c1-8-12-41-32-55(71)69(36-42-18-23-44(60)33-52(42)77-46-24-19-40(20-25-46)51-35-61-53(66(51)5)37-64(2)3)50(15-11-26-68-27-29-76-30-28-68)56(72)63-48(38-75-7)58(74)65(4)45(31-39-16-21-43(59)22-17-39)34-54(70)62-47-13-9-10-14-49(47)67(6)57(41)73/h8,16-25,33,35,41,45,47-50H,1,9-15,26-32,34,36-38H2,2-7H3,(H,62,70)(H,63,72)/t41-,45+,47+,48+,49+,50+/m1/s1. The van der Waals surface area contributed by atoms with E-state index >= 15 is 9.59 Å². The Balaban J connectivity index is 1.29. The molecule has 6 atom stereocenters. The molecule has 5 amide bonds. The van der Waals surface area contributed by atoms with Crippen LogP contribution in [0.15, 0.2) is 85.6 Å². The Morgan fingerprint density at radius 3 is 2.29 bits per heavy atom. The van der Waals surface area contributed by atoms with Crippen molar-refractivity contribution in [2.75, 3.05) is 74.8 Å². The van der Waals surface area contributed by atoms with Crippen LogP contribution in [0, 0.1) is 5.92 Å². The van der Waals surface area contributed by atoms with E-state index in [4.69, 9.17) is 37.4 Å². The summed E-state index contributed by atoms with van der Waals surface area (Å²) in [6, 6.07) is 16.3. The van der Waals surface area contributed by atoms with Crippen molar-refractivity contribution in [3.05, 3.63) is 113 Å². The number of hydrogen-bond acceptors (Lipinski definition) is 11. The third-order valence-electron chi connectivity index (χ3n) is 15.1. The molecule has 4 aromatic rings. The van der Waals surface area contributed by atoms with Gasteiger partial charge in [-0.1, -0.05) is 60.3 Å². The summed E-state index contributed by atoms with van der Waals surface area (Å²) in [4.78, 5) is 88.6. The molecule has 1 aromatic heterocycles. The fourth-order valence-electron chi connectivity index (χ4n) is 10.8. The summed E-state index contributed by atoms with van der Waals surface area (Å²) < 4.78 is 19.9. The van der Waals surface area contributed by atoms with Crippen LogP contribution >= 0.6 is 23.2 Å². The molecule has 1 aliphatic carbocycles. The van der Waals surface area contributed by atoms with Crippen LogP contribution in [-0.2, 0) is 60.0 Å². The van der Waals surface area contributed by atoms with Gasteiger partial charge in [-0.05, 0) is 113 Å². The number of fused-ring (bicyclic) bond motifs is 1. The topological polar surface area (TPSA) is 171 Å². The first-order chi connectivity index (χ1) is 37.0. The maximum atomic E-state index is 15.5. The van der Waals surface area contributed by atoms with Crippen molar-refractivity contribution in [3.8, 4) is 22.8 Å². The number of nitrogens with one attached hydrogen (secondary N) is 2. The van der Waals surface area contributed by atoms with E-state index in [9.17, 15) is 14.4 Å². The van der Waals surface area contributed by atoms with Gasteiger partial charge in [-0.25, -0.2) is 4.98 Å². The van der Waals surface area contributed by atoms with Crippen molar-refractivity contribution >= 4 is 52.7 Å². The fraction of sp³-hybridized carbons (Fsp3) is 0.517. The number of ether oxygens (including phenoxy) is 3. The molecule has 0 spiro atoms. The Morgan fingerprint density at radius 1 is 0.870 bits per heavy atom. The molecule has 0 radical (unpaired) electrons. The van der Waals surface area contributed by atoms with Crippen LogP contribution in [0.3, 0.4) is 0 Å². The summed E-state index contributed by atoms with van der Waals surface area (Å²) in [6.07, 6.45) is 7.39. The summed E-state index contributed by atoms with van der Waals surface area (Å²) >= 11 is 13.0. The van der Waals surface area contributed by atoms with Crippen LogP contribution < -0.4 is 15.4 Å². The molecule has 77 heavy (non-hydrogen) atoms. The molecule has 2 N–H and O–H groups in total. The van der Waals surface area contributed by atoms with Gasteiger partial charge in [-0.15, -0.1) is 6.58 Å². The summed E-state index contributed by atoms with van der Waals surface area (Å²) in [7, 11) is 10.8. The Labute approximate surface area is 464 Å². The molecule has 17 nitrogen and oxygen atoms in total. The highest BCUT2D eigenvalue weighted by atomic mass is 35.5. The van der Waals surface area contributed by atoms with Crippen LogP contribution in [0.4, 0.5) is 0 Å². The first-order valence-electron chi connectivity index (χ1n) is 26.8. The van der Waals surface area contributed by atoms with Crippen molar-refractivity contribution in [2.45, 2.75) is 108 Å². The van der Waals surface area contributed by atoms with E-state index in [1.54, 1.807) is 55.4 Å². The quantitative estimate of drug-likeness (QED) is 0.103. The highest BCUT2D eigenvalue weighted by Crippen LogP contribution is 2.34. The van der Waals surface area contributed by atoms with Crippen molar-refractivity contribution in [3.63, 3.8) is 0 Å².